The highest BCUT2D eigenvalue weighted by molar-refractivity contribution is 5.74. The number of amides is 2. The summed E-state index contributed by atoms with van der Waals surface area (Å²) in [6.45, 7) is 2.74. The summed E-state index contributed by atoms with van der Waals surface area (Å²) in [4.78, 5) is 12.0. The van der Waals surface area contributed by atoms with Crippen LogP contribution in [-0.4, -0.2) is 43.5 Å². The highest BCUT2D eigenvalue weighted by atomic mass is 16.5. The van der Waals surface area contributed by atoms with Gasteiger partial charge in [0.05, 0.1) is 0 Å². The summed E-state index contributed by atoms with van der Waals surface area (Å²) >= 11 is 0. The number of hydrogen-bond donors (Lipinski definition) is 3. The average Bonchev–Trinajstić information content (AvgIpc) is 2.45. The molecule has 2 unspecified atom stereocenters. The van der Waals surface area contributed by atoms with E-state index in [0.717, 1.165) is 19.3 Å². The van der Waals surface area contributed by atoms with Gasteiger partial charge in [0, 0.05) is 32.4 Å². The van der Waals surface area contributed by atoms with Crippen LogP contribution in [0.15, 0.2) is 0 Å². The lowest BCUT2D eigenvalue weighted by molar-refractivity contribution is 0.179. The van der Waals surface area contributed by atoms with Crippen LogP contribution in [-0.2, 0) is 4.74 Å². The van der Waals surface area contributed by atoms with Crippen LogP contribution in [0.1, 0.15) is 51.9 Å². The molecule has 1 rings (SSSR count). The van der Waals surface area contributed by atoms with Crippen LogP contribution in [0.5, 0.6) is 0 Å². The summed E-state index contributed by atoms with van der Waals surface area (Å²) in [6.07, 6.45) is 7.53. The normalized spacial score (nSPS) is 19.4. The molecule has 0 radical (unpaired) electrons. The van der Waals surface area contributed by atoms with Crippen LogP contribution in [0.3, 0.4) is 0 Å². The van der Waals surface area contributed by atoms with Crippen LogP contribution < -0.4 is 10.6 Å². The van der Waals surface area contributed by atoms with Crippen molar-refractivity contribution in [1.29, 1.82) is 0 Å². The van der Waals surface area contributed by atoms with Crippen molar-refractivity contribution in [3.63, 3.8) is 0 Å². The second kappa shape index (κ2) is 10.00. The molecular weight excluding hydrogens is 256 g/mol. The molecule has 5 nitrogen and oxygen atoms in total. The number of aliphatic hydroxyl groups excluding tert-OH is 1. The van der Waals surface area contributed by atoms with E-state index < -0.39 is 0 Å². The van der Waals surface area contributed by atoms with Gasteiger partial charge in [-0.1, -0.05) is 19.3 Å². The van der Waals surface area contributed by atoms with Gasteiger partial charge in [0.2, 0.25) is 0 Å². The van der Waals surface area contributed by atoms with Crippen molar-refractivity contribution in [2.24, 2.45) is 5.92 Å². The fourth-order valence-corrected chi connectivity index (χ4v) is 2.90. The van der Waals surface area contributed by atoms with E-state index >= 15 is 0 Å². The molecule has 0 saturated heterocycles. The highest BCUT2D eigenvalue weighted by Crippen LogP contribution is 2.27. The van der Waals surface area contributed by atoms with Crippen molar-refractivity contribution in [3.8, 4) is 0 Å². The minimum atomic E-state index is -0.127. The van der Waals surface area contributed by atoms with E-state index in [1.165, 1.54) is 19.3 Å². The number of carbonyl (C=O) groups excluding carboxylic acids is 1. The quantitative estimate of drug-likeness (QED) is 0.639. The first-order chi connectivity index (χ1) is 9.67. The summed E-state index contributed by atoms with van der Waals surface area (Å²) in [7, 11) is 1.66. The lowest BCUT2D eigenvalue weighted by Crippen LogP contribution is -2.48. The Hall–Kier alpha value is -0.810. The Balaban J connectivity index is 2.37. The molecule has 0 aromatic rings. The molecule has 1 saturated carbocycles. The fourth-order valence-electron chi connectivity index (χ4n) is 2.90. The highest BCUT2D eigenvalue weighted by Gasteiger charge is 2.24. The molecule has 0 aromatic carbocycles. The fraction of sp³-hybridized carbons (Fsp3) is 0.933. The van der Waals surface area contributed by atoms with Crippen molar-refractivity contribution in [2.45, 2.75) is 64.0 Å². The zero-order valence-corrected chi connectivity index (χ0v) is 12.9. The molecule has 0 bridgehead atoms. The van der Waals surface area contributed by atoms with E-state index in [4.69, 9.17) is 4.74 Å². The molecule has 5 heteroatoms. The third-order valence-corrected chi connectivity index (χ3v) is 4.11. The van der Waals surface area contributed by atoms with E-state index in [0.29, 0.717) is 18.9 Å². The van der Waals surface area contributed by atoms with E-state index in [2.05, 4.69) is 10.6 Å². The predicted molar refractivity (Wildman–Crippen MR) is 79.7 cm³/mol. The maximum absolute atomic E-state index is 12.0. The molecule has 2 amide bonds. The molecule has 0 heterocycles. The van der Waals surface area contributed by atoms with Crippen molar-refractivity contribution in [2.75, 3.05) is 20.3 Å². The minimum Gasteiger partial charge on any atom is -0.396 e. The van der Waals surface area contributed by atoms with Gasteiger partial charge in [-0.3, -0.25) is 0 Å². The van der Waals surface area contributed by atoms with Gasteiger partial charge >= 0.3 is 6.03 Å². The first-order valence-corrected chi connectivity index (χ1v) is 7.84. The zero-order chi connectivity index (χ0) is 14.8. The zero-order valence-electron chi connectivity index (χ0n) is 12.9. The number of aliphatic hydroxyl groups is 1. The molecule has 3 N–H and O–H groups in total. The summed E-state index contributed by atoms with van der Waals surface area (Å²) in [5.74, 6) is 0.510. The molecular formula is C15H30N2O3. The number of rotatable bonds is 8. The van der Waals surface area contributed by atoms with Gasteiger partial charge in [-0.15, -0.1) is 0 Å². The lowest BCUT2D eigenvalue weighted by Gasteiger charge is -2.31. The number of nitrogens with one attached hydrogen (secondary N) is 2. The summed E-state index contributed by atoms with van der Waals surface area (Å²) in [5.41, 5.74) is 0. The predicted octanol–water partition coefficient (Wildman–Crippen LogP) is 2.04. The number of methoxy groups -OCH3 is 1. The maximum Gasteiger partial charge on any atom is 0.315 e. The largest absolute Gasteiger partial charge is 0.396 e. The molecule has 1 aliphatic rings. The lowest BCUT2D eigenvalue weighted by atomic mass is 9.83. The Kier molecular flexibility index (Phi) is 8.62. The standard InChI is InChI=1S/C15H30N2O3/c1-12(9-11-20-2)16-15(19)17-14(8-10-18)13-6-4-3-5-7-13/h12-14,18H,3-11H2,1-2H3,(H2,16,17,19). The Morgan fingerprint density at radius 1 is 1.25 bits per heavy atom. The smallest absolute Gasteiger partial charge is 0.315 e. The average molecular weight is 286 g/mol. The maximum atomic E-state index is 12.0. The van der Waals surface area contributed by atoms with Crippen molar-refractivity contribution < 1.29 is 14.6 Å². The first kappa shape index (κ1) is 17.2. The number of hydrogen-bond acceptors (Lipinski definition) is 3. The van der Waals surface area contributed by atoms with Crippen LogP contribution in [0.4, 0.5) is 4.79 Å². The van der Waals surface area contributed by atoms with Crippen LogP contribution in [0.25, 0.3) is 0 Å². The van der Waals surface area contributed by atoms with E-state index in [1.807, 2.05) is 6.92 Å². The molecule has 20 heavy (non-hydrogen) atoms. The van der Waals surface area contributed by atoms with Gasteiger partial charge in [-0.05, 0) is 38.5 Å². The molecule has 1 aliphatic carbocycles. The Morgan fingerprint density at radius 2 is 1.95 bits per heavy atom. The summed E-state index contributed by atoms with van der Waals surface area (Å²) in [6, 6.07) is 0.0589. The van der Waals surface area contributed by atoms with E-state index in [-0.39, 0.29) is 24.7 Å². The molecule has 0 spiro atoms. The molecule has 118 valence electrons. The summed E-state index contributed by atoms with van der Waals surface area (Å²) < 4.78 is 5.00. The van der Waals surface area contributed by atoms with Crippen molar-refractivity contribution in [1.82, 2.24) is 10.6 Å². The summed E-state index contributed by atoms with van der Waals surface area (Å²) in [5, 5.41) is 15.2. The number of ether oxygens (including phenoxy) is 1. The first-order valence-electron chi connectivity index (χ1n) is 7.84. The Morgan fingerprint density at radius 3 is 2.55 bits per heavy atom. The minimum absolute atomic E-state index is 0.0925. The Bertz CT molecular complexity index is 268. The van der Waals surface area contributed by atoms with Gasteiger partial charge in [0.1, 0.15) is 0 Å². The van der Waals surface area contributed by atoms with Crippen molar-refractivity contribution >= 4 is 6.03 Å². The van der Waals surface area contributed by atoms with E-state index in [1.54, 1.807) is 7.11 Å². The van der Waals surface area contributed by atoms with Gasteiger partial charge in [0.25, 0.3) is 0 Å². The van der Waals surface area contributed by atoms with Crippen molar-refractivity contribution in [3.05, 3.63) is 0 Å². The second-order valence-electron chi connectivity index (χ2n) is 5.82. The second-order valence-corrected chi connectivity index (χ2v) is 5.82. The van der Waals surface area contributed by atoms with Gasteiger partial charge in [-0.25, -0.2) is 4.79 Å². The molecule has 0 aromatic heterocycles. The van der Waals surface area contributed by atoms with Crippen LogP contribution in [0, 0.1) is 5.92 Å². The topological polar surface area (TPSA) is 70.6 Å². The monoisotopic (exact) mass is 286 g/mol. The molecule has 1 fully saturated rings. The molecule has 2 atom stereocenters. The number of carbonyl (C=O) groups is 1. The van der Waals surface area contributed by atoms with Gasteiger partial charge in [0.15, 0.2) is 0 Å². The third kappa shape index (κ3) is 6.57. The molecule has 0 aliphatic heterocycles. The van der Waals surface area contributed by atoms with Crippen LogP contribution >= 0.6 is 0 Å². The Labute approximate surface area is 122 Å². The SMILES string of the molecule is COCCC(C)NC(=O)NC(CCO)C1CCCCC1. The van der Waals surface area contributed by atoms with E-state index in [9.17, 15) is 9.90 Å². The van der Waals surface area contributed by atoms with Gasteiger partial charge < -0.3 is 20.5 Å². The van der Waals surface area contributed by atoms with Gasteiger partial charge in [-0.2, -0.15) is 0 Å². The number of urea groups is 1. The third-order valence-electron chi connectivity index (χ3n) is 4.11. The van der Waals surface area contributed by atoms with Crippen LogP contribution in [0.2, 0.25) is 0 Å².